The molecule has 26 heavy (non-hydrogen) atoms. The van der Waals surface area contributed by atoms with Crippen molar-refractivity contribution in [3.63, 3.8) is 0 Å². The third-order valence-electron chi connectivity index (χ3n) is 4.19. The number of carbonyl (C=O) groups excluding carboxylic acids is 1. The third kappa shape index (κ3) is 3.73. The molecule has 1 fully saturated rings. The van der Waals surface area contributed by atoms with E-state index in [4.69, 9.17) is 0 Å². The van der Waals surface area contributed by atoms with Crippen LogP contribution in [0.2, 0.25) is 0 Å². The van der Waals surface area contributed by atoms with Crippen LogP contribution in [0, 0.1) is 5.92 Å². The Bertz CT molecular complexity index is 781. The van der Waals surface area contributed by atoms with Crippen molar-refractivity contribution in [1.82, 2.24) is 20.2 Å². The van der Waals surface area contributed by atoms with Crippen LogP contribution < -0.4 is 9.64 Å². The smallest absolute Gasteiger partial charge is 0.434 e. The van der Waals surface area contributed by atoms with Gasteiger partial charge in [-0.3, -0.25) is 9.69 Å². The van der Waals surface area contributed by atoms with Crippen LogP contribution in [-0.2, 0) is 6.18 Å². The maximum atomic E-state index is 13.4. The van der Waals surface area contributed by atoms with E-state index in [2.05, 4.69) is 24.9 Å². The van der Waals surface area contributed by atoms with Crippen molar-refractivity contribution in [1.29, 1.82) is 0 Å². The van der Waals surface area contributed by atoms with Crippen molar-refractivity contribution < 1.29 is 22.7 Å². The minimum Gasteiger partial charge on any atom is -0.467 e. The standard InChI is InChI=1S/C16H16F3N5O2/c1-26-15-20-8-11(13(22-15)16(17,18)19)14(25)24(9-10-4-2-5-10)12-6-3-7-21-23-12/h3,6-8,10H,2,4-5,9H2,1H3. The Morgan fingerprint density at radius 2 is 2.15 bits per heavy atom. The topological polar surface area (TPSA) is 81.1 Å². The molecule has 0 N–H and O–H groups in total. The van der Waals surface area contributed by atoms with Gasteiger partial charge in [-0.25, -0.2) is 4.98 Å². The molecule has 0 radical (unpaired) electrons. The van der Waals surface area contributed by atoms with Crippen molar-refractivity contribution >= 4 is 11.7 Å². The van der Waals surface area contributed by atoms with Gasteiger partial charge >= 0.3 is 12.2 Å². The molecule has 7 nitrogen and oxygen atoms in total. The van der Waals surface area contributed by atoms with E-state index in [1.54, 1.807) is 6.07 Å². The molecule has 1 aliphatic rings. The first-order valence-electron chi connectivity index (χ1n) is 7.98. The largest absolute Gasteiger partial charge is 0.467 e. The number of alkyl halides is 3. The quantitative estimate of drug-likeness (QED) is 0.808. The lowest BCUT2D eigenvalue weighted by Crippen LogP contribution is -2.39. The summed E-state index contributed by atoms with van der Waals surface area (Å²) in [7, 11) is 1.15. The molecule has 0 saturated heterocycles. The average molecular weight is 367 g/mol. The Balaban J connectivity index is 2.01. The Hall–Kier alpha value is -2.78. The molecule has 0 unspecified atom stereocenters. The molecular formula is C16H16F3N5O2. The molecule has 1 saturated carbocycles. The molecule has 2 aromatic heterocycles. The number of carbonyl (C=O) groups is 1. The number of aromatic nitrogens is 4. The van der Waals surface area contributed by atoms with Gasteiger partial charge in [0.25, 0.3) is 5.91 Å². The molecular weight excluding hydrogens is 351 g/mol. The highest BCUT2D eigenvalue weighted by Crippen LogP contribution is 2.33. The summed E-state index contributed by atoms with van der Waals surface area (Å²) in [5.74, 6) is -0.463. The highest BCUT2D eigenvalue weighted by Gasteiger charge is 2.40. The van der Waals surface area contributed by atoms with Gasteiger partial charge in [-0.05, 0) is 30.9 Å². The van der Waals surface area contributed by atoms with E-state index in [1.165, 1.54) is 17.2 Å². The molecule has 2 heterocycles. The van der Waals surface area contributed by atoms with Crippen molar-refractivity contribution in [3.8, 4) is 6.01 Å². The summed E-state index contributed by atoms with van der Waals surface area (Å²) in [5, 5.41) is 7.58. The van der Waals surface area contributed by atoms with Gasteiger partial charge in [0.1, 0.15) is 0 Å². The van der Waals surface area contributed by atoms with E-state index >= 15 is 0 Å². The summed E-state index contributed by atoms with van der Waals surface area (Å²) in [5.41, 5.74) is -1.99. The molecule has 1 amide bonds. The van der Waals surface area contributed by atoms with Gasteiger partial charge in [-0.1, -0.05) is 6.42 Å². The van der Waals surface area contributed by atoms with E-state index < -0.39 is 29.4 Å². The normalized spacial score (nSPS) is 14.6. The second-order valence-electron chi connectivity index (χ2n) is 5.91. The zero-order valence-electron chi connectivity index (χ0n) is 13.9. The first-order chi connectivity index (χ1) is 12.4. The monoisotopic (exact) mass is 367 g/mol. The van der Waals surface area contributed by atoms with Crippen LogP contribution in [0.4, 0.5) is 19.0 Å². The minimum atomic E-state index is -4.83. The van der Waals surface area contributed by atoms with Crippen molar-refractivity contribution in [2.24, 2.45) is 5.92 Å². The van der Waals surface area contributed by atoms with Gasteiger partial charge < -0.3 is 4.74 Å². The molecule has 0 bridgehead atoms. The third-order valence-corrected chi connectivity index (χ3v) is 4.19. The van der Waals surface area contributed by atoms with Crippen LogP contribution in [0.3, 0.4) is 0 Å². The number of rotatable bonds is 5. The number of ether oxygens (including phenoxy) is 1. The number of methoxy groups -OCH3 is 1. The van der Waals surface area contributed by atoms with Crippen LogP contribution in [-0.4, -0.2) is 39.7 Å². The first kappa shape index (κ1) is 18.0. The molecule has 0 aliphatic heterocycles. The summed E-state index contributed by atoms with van der Waals surface area (Å²) in [4.78, 5) is 21.1. The van der Waals surface area contributed by atoms with Gasteiger partial charge in [-0.2, -0.15) is 23.3 Å². The summed E-state index contributed by atoms with van der Waals surface area (Å²) in [6.07, 6.45) is 0.289. The summed E-state index contributed by atoms with van der Waals surface area (Å²) in [6, 6.07) is 2.64. The molecule has 0 atom stereocenters. The van der Waals surface area contributed by atoms with E-state index in [0.717, 1.165) is 32.6 Å². The predicted octanol–water partition coefficient (Wildman–Crippen LogP) is 2.74. The highest BCUT2D eigenvalue weighted by molar-refractivity contribution is 6.06. The number of hydrogen-bond acceptors (Lipinski definition) is 6. The second kappa shape index (κ2) is 7.22. The Morgan fingerprint density at radius 1 is 1.38 bits per heavy atom. The van der Waals surface area contributed by atoms with Crippen molar-refractivity contribution in [3.05, 3.63) is 35.8 Å². The Kier molecular flexibility index (Phi) is 5.01. The molecule has 1 aliphatic carbocycles. The van der Waals surface area contributed by atoms with Gasteiger partial charge in [0.15, 0.2) is 11.5 Å². The zero-order chi connectivity index (χ0) is 18.7. The van der Waals surface area contributed by atoms with Crippen LogP contribution in [0.15, 0.2) is 24.5 Å². The maximum absolute atomic E-state index is 13.4. The van der Waals surface area contributed by atoms with E-state index in [0.29, 0.717) is 0 Å². The minimum absolute atomic E-state index is 0.188. The van der Waals surface area contributed by atoms with Gasteiger partial charge in [0.05, 0.1) is 12.7 Å². The van der Waals surface area contributed by atoms with Crippen molar-refractivity contribution in [2.75, 3.05) is 18.6 Å². The summed E-state index contributed by atoms with van der Waals surface area (Å²) < 4.78 is 44.8. The Morgan fingerprint density at radius 3 is 2.69 bits per heavy atom. The number of halogens is 3. The van der Waals surface area contributed by atoms with Crippen molar-refractivity contribution in [2.45, 2.75) is 25.4 Å². The van der Waals surface area contributed by atoms with Crippen LogP contribution >= 0.6 is 0 Å². The van der Waals surface area contributed by atoms with Gasteiger partial charge in [-0.15, -0.1) is 5.10 Å². The lowest BCUT2D eigenvalue weighted by atomic mass is 9.85. The number of amides is 1. The first-order valence-corrected chi connectivity index (χ1v) is 7.98. The molecule has 2 aromatic rings. The second-order valence-corrected chi connectivity index (χ2v) is 5.91. The van der Waals surface area contributed by atoms with E-state index in [1.807, 2.05) is 0 Å². The average Bonchev–Trinajstić information content (AvgIpc) is 2.60. The summed E-state index contributed by atoms with van der Waals surface area (Å²) in [6.45, 7) is 0.265. The molecule has 138 valence electrons. The van der Waals surface area contributed by atoms with Gasteiger partial charge in [0, 0.05) is 18.9 Å². The summed E-state index contributed by atoms with van der Waals surface area (Å²) >= 11 is 0. The SMILES string of the molecule is COc1ncc(C(=O)N(CC2CCC2)c2cccnn2)c(C(F)(F)F)n1. The van der Waals surface area contributed by atoms with E-state index in [-0.39, 0.29) is 18.3 Å². The molecule has 0 spiro atoms. The number of hydrogen-bond donors (Lipinski definition) is 0. The highest BCUT2D eigenvalue weighted by atomic mass is 19.4. The maximum Gasteiger partial charge on any atom is 0.434 e. The number of nitrogens with zero attached hydrogens (tertiary/aromatic N) is 5. The lowest BCUT2D eigenvalue weighted by Gasteiger charge is -2.31. The molecule has 0 aromatic carbocycles. The fourth-order valence-corrected chi connectivity index (χ4v) is 2.63. The number of anilines is 1. The van der Waals surface area contributed by atoms with E-state index in [9.17, 15) is 18.0 Å². The fraction of sp³-hybridized carbons (Fsp3) is 0.438. The van der Waals surface area contributed by atoms with Crippen LogP contribution in [0.5, 0.6) is 6.01 Å². The molecule has 10 heteroatoms. The molecule has 3 rings (SSSR count). The van der Waals surface area contributed by atoms with Gasteiger partial charge in [0.2, 0.25) is 0 Å². The Labute approximate surface area is 147 Å². The zero-order valence-corrected chi connectivity index (χ0v) is 13.9. The fourth-order valence-electron chi connectivity index (χ4n) is 2.63. The lowest BCUT2D eigenvalue weighted by molar-refractivity contribution is -0.141. The van der Waals surface area contributed by atoms with Crippen LogP contribution in [0.25, 0.3) is 0 Å². The van der Waals surface area contributed by atoms with Crippen LogP contribution in [0.1, 0.15) is 35.3 Å². The predicted molar refractivity (Wildman–Crippen MR) is 84.6 cm³/mol.